The van der Waals surface area contributed by atoms with E-state index in [4.69, 9.17) is 0 Å². The van der Waals surface area contributed by atoms with Crippen molar-refractivity contribution in [2.75, 3.05) is 0 Å². The van der Waals surface area contributed by atoms with Crippen LogP contribution in [0.15, 0.2) is 30.5 Å². The number of aliphatic hydroxyl groups is 1. The molecule has 0 aromatic carbocycles. The first-order valence-corrected chi connectivity index (χ1v) is 5.73. The lowest BCUT2D eigenvalue weighted by Crippen LogP contribution is -2.46. The van der Waals surface area contributed by atoms with E-state index in [-0.39, 0.29) is 11.2 Å². The maximum atomic E-state index is 11.0. The molecule has 0 radical (unpaired) electrons. The van der Waals surface area contributed by atoms with Gasteiger partial charge < -0.3 is 5.11 Å². The fourth-order valence-corrected chi connectivity index (χ4v) is 2.32. The summed E-state index contributed by atoms with van der Waals surface area (Å²) in [6.45, 7) is 7.03. The molecule has 88 valence electrons. The number of hydrogen-bond acceptors (Lipinski definition) is 2. The van der Waals surface area contributed by atoms with Gasteiger partial charge in [0.05, 0.1) is 5.60 Å². The lowest BCUT2D eigenvalue weighted by Gasteiger charge is -2.44. The molecule has 1 saturated carbocycles. The Kier molecular flexibility index (Phi) is 3.90. The van der Waals surface area contributed by atoms with E-state index in [1.54, 1.807) is 12.2 Å². The lowest BCUT2D eigenvalue weighted by molar-refractivity contribution is -0.112. The quantitative estimate of drug-likeness (QED) is 0.586. The number of allylic oxidation sites excluding steroid dienone is 1. The molecular formula is C14H20O2. The minimum absolute atomic E-state index is 0.0109. The standard InChI is InChI=1S/C14H20O2/c1-4-8-14(16)10-6-5-9-13(14,3)11-7-12(2)15/h7-8,11,16H,1,5-6,9-10H2,2-3H3/b11-7+/t13-,14+/m1/s1. The average molecular weight is 220 g/mol. The Balaban J connectivity index is 3.04. The van der Waals surface area contributed by atoms with Gasteiger partial charge in [0.25, 0.3) is 0 Å². The molecule has 2 heteroatoms. The minimum Gasteiger partial charge on any atom is -0.384 e. The third-order valence-corrected chi connectivity index (χ3v) is 3.52. The van der Waals surface area contributed by atoms with Gasteiger partial charge in [-0.3, -0.25) is 4.79 Å². The van der Waals surface area contributed by atoms with Gasteiger partial charge in [0.2, 0.25) is 0 Å². The number of hydrogen-bond donors (Lipinski definition) is 1. The van der Waals surface area contributed by atoms with Crippen LogP contribution in [-0.2, 0) is 4.79 Å². The second-order valence-electron chi connectivity index (χ2n) is 4.84. The summed E-state index contributed by atoms with van der Waals surface area (Å²) in [5.41, 5.74) is 1.37. The van der Waals surface area contributed by atoms with Crippen LogP contribution in [0.4, 0.5) is 0 Å². The number of ketones is 1. The van der Waals surface area contributed by atoms with E-state index in [2.05, 4.69) is 12.3 Å². The minimum atomic E-state index is -0.918. The molecule has 16 heavy (non-hydrogen) atoms. The summed E-state index contributed by atoms with van der Waals surface area (Å²) in [6, 6.07) is 0. The Morgan fingerprint density at radius 3 is 2.62 bits per heavy atom. The lowest BCUT2D eigenvalue weighted by atomic mass is 9.64. The number of rotatable bonds is 3. The highest BCUT2D eigenvalue weighted by Crippen LogP contribution is 2.46. The summed E-state index contributed by atoms with van der Waals surface area (Å²) >= 11 is 0. The summed E-state index contributed by atoms with van der Waals surface area (Å²) in [4.78, 5) is 11.0. The van der Waals surface area contributed by atoms with Crippen LogP contribution in [0.3, 0.4) is 0 Å². The van der Waals surface area contributed by atoms with E-state index >= 15 is 0 Å². The van der Waals surface area contributed by atoms with Gasteiger partial charge in [-0.2, -0.15) is 0 Å². The summed E-state index contributed by atoms with van der Waals surface area (Å²) in [5.74, 6) is 0.0109. The van der Waals surface area contributed by atoms with Crippen molar-refractivity contribution in [3.8, 4) is 0 Å². The van der Waals surface area contributed by atoms with E-state index in [0.29, 0.717) is 6.42 Å². The summed E-state index contributed by atoms with van der Waals surface area (Å²) in [6.07, 6.45) is 8.68. The zero-order chi connectivity index (χ0) is 12.2. The molecule has 0 bridgehead atoms. The van der Waals surface area contributed by atoms with Crippen LogP contribution in [0, 0.1) is 5.41 Å². The monoisotopic (exact) mass is 220 g/mol. The molecule has 0 spiro atoms. The number of carbonyl (C=O) groups is 1. The van der Waals surface area contributed by atoms with E-state index in [0.717, 1.165) is 19.3 Å². The summed E-state index contributed by atoms with van der Waals surface area (Å²) in [7, 11) is 0. The topological polar surface area (TPSA) is 37.3 Å². The highest BCUT2D eigenvalue weighted by Gasteiger charge is 2.45. The van der Waals surface area contributed by atoms with Gasteiger partial charge in [-0.25, -0.2) is 0 Å². The van der Waals surface area contributed by atoms with Crippen molar-refractivity contribution in [1.29, 1.82) is 0 Å². The first-order valence-electron chi connectivity index (χ1n) is 5.73. The molecular weight excluding hydrogens is 200 g/mol. The zero-order valence-electron chi connectivity index (χ0n) is 10.1. The second-order valence-corrected chi connectivity index (χ2v) is 4.84. The maximum absolute atomic E-state index is 11.0. The third kappa shape index (κ3) is 2.52. The van der Waals surface area contributed by atoms with Crippen LogP contribution < -0.4 is 0 Å². The predicted octanol–water partition coefficient (Wildman–Crippen LogP) is 2.78. The van der Waals surface area contributed by atoms with E-state index < -0.39 is 5.60 Å². The largest absolute Gasteiger partial charge is 0.384 e. The Morgan fingerprint density at radius 1 is 1.44 bits per heavy atom. The van der Waals surface area contributed by atoms with Crippen molar-refractivity contribution in [3.05, 3.63) is 30.5 Å². The van der Waals surface area contributed by atoms with Crippen molar-refractivity contribution in [2.45, 2.75) is 45.1 Å². The molecule has 0 saturated heterocycles. The van der Waals surface area contributed by atoms with Crippen LogP contribution in [0.1, 0.15) is 39.5 Å². The second kappa shape index (κ2) is 4.82. The Hall–Kier alpha value is -1.11. The van der Waals surface area contributed by atoms with Crippen LogP contribution >= 0.6 is 0 Å². The smallest absolute Gasteiger partial charge is 0.152 e. The van der Waals surface area contributed by atoms with Crippen molar-refractivity contribution >= 4 is 5.78 Å². The molecule has 2 nitrogen and oxygen atoms in total. The van der Waals surface area contributed by atoms with Crippen molar-refractivity contribution < 1.29 is 9.90 Å². The van der Waals surface area contributed by atoms with Gasteiger partial charge in [-0.15, -0.1) is 5.73 Å². The summed E-state index contributed by atoms with van der Waals surface area (Å²) < 4.78 is 0. The molecule has 0 amide bonds. The van der Waals surface area contributed by atoms with Crippen LogP contribution in [0.25, 0.3) is 0 Å². The fourth-order valence-electron chi connectivity index (χ4n) is 2.32. The molecule has 2 atom stereocenters. The van der Waals surface area contributed by atoms with Crippen molar-refractivity contribution in [2.24, 2.45) is 5.41 Å². The van der Waals surface area contributed by atoms with E-state index in [1.807, 2.05) is 13.0 Å². The van der Waals surface area contributed by atoms with Gasteiger partial charge in [0, 0.05) is 5.41 Å². The molecule has 0 unspecified atom stereocenters. The van der Waals surface area contributed by atoms with E-state index in [9.17, 15) is 9.90 Å². The third-order valence-electron chi connectivity index (χ3n) is 3.52. The Morgan fingerprint density at radius 2 is 2.06 bits per heavy atom. The molecule has 1 N–H and O–H groups in total. The van der Waals surface area contributed by atoms with E-state index in [1.165, 1.54) is 6.92 Å². The molecule has 1 aliphatic rings. The maximum Gasteiger partial charge on any atom is 0.152 e. The normalized spacial score (nSPS) is 34.7. The van der Waals surface area contributed by atoms with Gasteiger partial charge in [-0.05, 0) is 31.9 Å². The predicted molar refractivity (Wildman–Crippen MR) is 65.1 cm³/mol. The van der Waals surface area contributed by atoms with Gasteiger partial charge in [0.1, 0.15) is 0 Å². The first-order chi connectivity index (χ1) is 7.43. The average Bonchev–Trinajstić information content (AvgIpc) is 2.21. The molecule has 1 rings (SSSR count). The highest BCUT2D eigenvalue weighted by atomic mass is 16.3. The Labute approximate surface area is 97.4 Å². The zero-order valence-corrected chi connectivity index (χ0v) is 10.1. The van der Waals surface area contributed by atoms with Crippen molar-refractivity contribution in [3.63, 3.8) is 0 Å². The van der Waals surface area contributed by atoms with Crippen LogP contribution in [0.5, 0.6) is 0 Å². The molecule has 0 aromatic rings. The van der Waals surface area contributed by atoms with Gasteiger partial charge in [-0.1, -0.05) is 32.4 Å². The Bertz CT molecular complexity index is 350. The molecule has 1 fully saturated rings. The molecule has 0 heterocycles. The molecule has 1 aliphatic carbocycles. The van der Waals surface area contributed by atoms with Gasteiger partial charge in [0.15, 0.2) is 5.78 Å². The highest BCUT2D eigenvalue weighted by molar-refractivity contribution is 5.87. The number of carbonyl (C=O) groups excluding carboxylic acids is 1. The SMILES string of the molecule is C=C=C[C@]1(O)CCCC[C@]1(C)/C=C/C(C)=O. The van der Waals surface area contributed by atoms with Crippen LogP contribution in [0.2, 0.25) is 0 Å². The first kappa shape index (κ1) is 13.0. The van der Waals surface area contributed by atoms with Crippen LogP contribution in [-0.4, -0.2) is 16.5 Å². The fraction of sp³-hybridized carbons (Fsp3) is 0.571. The summed E-state index contributed by atoms with van der Waals surface area (Å²) in [5, 5.41) is 10.6. The van der Waals surface area contributed by atoms with Crippen molar-refractivity contribution in [1.82, 2.24) is 0 Å². The molecule has 0 aliphatic heterocycles. The van der Waals surface area contributed by atoms with Gasteiger partial charge >= 0.3 is 0 Å². The molecule has 0 aromatic heterocycles.